The largest absolute Gasteiger partial charge is 0.330 e. The molecule has 0 spiro atoms. The fraction of sp³-hybridized carbons (Fsp3) is 0.286. The standard InChI is InChI=1S/C21H23N3O.ClH/c22-11-18-13-24(14-19(18)15-6-2-1-3-7-15)12-17-10-16-8-4-5-9-20(16)23-21(17)25;/h1-10,18-19H,11-14,22H2,(H,23,25);1H/t18-,19+;/m1./s1. The van der Waals surface area contributed by atoms with E-state index in [1.54, 1.807) is 0 Å². The van der Waals surface area contributed by atoms with Gasteiger partial charge in [0.25, 0.3) is 5.56 Å². The van der Waals surface area contributed by atoms with Crippen molar-refractivity contribution in [1.82, 2.24) is 9.88 Å². The van der Waals surface area contributed by atoms with E-state index in [4.69, 9.17) is 5.73 Å². The van der Waals surface area contributed by atoms with Gasteiger partial charge in [-0.25, -0.2) is 0 Å². The lowest BCUT2D eigenvalue weighted by molar-refractivity contribution is 0.315. The monoisotopic (exact) mass is 369 g/mol. The molecule has 136 valence electrons. The second-order valence-electron chi connectivity index (χ2n) is 6.92. The Morgan fingerprint density at radius 3 is 2.54 bits per heavy atom. The Balaban J connectivity index is 0.00000196. The number of hydrogen-bond acceptors (Lipinski definition) is 3. The summed E-state index contributed by atoms with van der Waals surface area (Å²) in [6.07, 6.45) is 0. The zero-order valence-corrected chi connectivity index (χ0v) is 15.4. The first-order chi connectivity index (χ1) is 12.2. The van der Waals surface area contributed by atoms with Gasteiger partial charge in [0.2, 0.25) is 0 Å². The summed E-state index contributed by atoms with van der Waals surface area (Å²) in [6, 6.07) is 20.5. The fourth-order valence-corrected chi connectivity index (χ4v) is 3.96. The molecule has 0 bridgehead atoms. The van der Waals surface area contributed by atoms with Crippen LogP contribution in [0.4, 0.5) is 0 Å². The molecule has 2 atom stereocenters. The smallest absolute Gasteiger partial charge is 0.252 e. The summed E-state index contributed by atoms with van der Waals surface area (Å²) in [5.74, 6) is 0.868. The molecule has 0 radical (unpaired) electrons. The number of hydrogen-bond donors (Lipinski definition) is 2. The molecule has 3 N–H and O–H groups in total. The Morgan fingerprint density at radius 1 is 1.04 bits per heavy atom. The summed E-state index contributed by atoms with van der Waals surface area (Å²) < 4.78 is 0. The third-order valence-electron chi connectivity index (χ3n) is 5.27. The maximum absolute atomic E-state index is 12.4. The van der Waals surface area contributed by atoms with Gasteiger partial charge in [-0.05, 0) is 35.5 Å². The minimum Gasteiger partial charge on any atom is -0.330 e. The van der Waals surface area contributed by atoms with Crippen molar-refractivity contribution >= 4 is 23.3 Å². The van der Waals surface area contributed by atoms with Crippen molar-refractivity contribution in [2.75, 3.05) is 19.6 Å². The predicted octanol–water partition coefficient (Wildman–Crippen LogP) is 3.12. The van der Waals surface area contributed by atoms with E-state index >= 15 is 0 Å². The van der Waals surface area contributed by atoms with E-state index in [1.165, 1.54) is 5.56 Å². The van der Waals surface area contributed by atoms with Crippen LogP contribution >= 0.6 is 12.4 Å². The third-order valence-corrected chi connectivity index (χ3v) is 5.27. The Bertz CT molecular complexity index is 925. The summed E-state index contributed by atoms with van der Waals surface area (Å²) in [5, 5.41) is 1.08. The van der Waals surface area contributed by atoms with Gasteiger partial charge in [-0.2, -0.15) is 0 Å². The maximum Gasteiger partial charge on any atom is 0.252 e. The number of likely N-dealkylation sites (tertiary alicyclic amines) is 1. The summed E-state index contributed by atoms with van der Waals surface area (Å²) in [7, 11) is 0. The van der Waals surface area contributed by atoms with Gasteiger partial charge in [-0.3, -0.25) is 9.69 Å². The van der Waals surface area contributed by atoms with Crippen LogP contribution in [0.2, 0.25) is 0 Å². The molecule has 1 fully saturated rings. The van der Waals surface area contributed by atoms with Gasteiger partial charge in [-0.1, -0.05) is 48.5 Å². The predicted molar refractivity (Wildman–Crippen MR) is 109 cm³/mol. The van der Waals surface area contributed by atoms with Crippen molar-refractivity contribution in [3.05, 3.63) is 82.1 Å². The summed E-state index contributed by atoms with van der Waals surface area (Å²) in [6.45, 7) is 3.21. The van der Waals surface area contributed by atoms with Crippen LogP contribution in [-0.4, -0.2) is 29.5 Å². The fourth-order valence-electron chi connectivity index (χ4n) is 3.96. The highest BCUT2D eigenvalue weighted by Crippen LogP contribution is 2.32. The lowest BCUT2D eigenvalue weighted by atomic mass is 9.89. The Labute approximate surface area is 159 Å². The molecule has 2 aromatic carbocycles. The minimum atomic E-state index is 0. The molecule has 1 aliphatic rings. The van der Waals surface area contributed by atoms with E-state index in [0.717, 1.165) is 29.6 Å². The van der Waals surface area contributed by atoms with Crippen molar-refractivity contribution in [2.24, 2.45) is 11.7 Å². The number of halogens is 1. The number of aromatic nitrogens is 1. The topological polar surface area (TPSA) is 62.1 Å². The van der Waals surface area contributed by atoms with Crippen molar-refractivity contribution in [3.63, 3.8) is 0 Å². The van der Waals surface area contributed by atoms with Crippen LogP contribution in [-0.2, 0) is 6.54 Å². The maximum atomic E-state index is 12.4. The van der Waals surface area contributed by atoms with E-state index in [-0.39, 0.29) is 18.0 Å². The van der Waals surface area contributed by atoms with Gasteiger partial charge in [-0.15, -0.1) is 12.4 Å². The average molecular weight is 370 g/mol. The SMILES string of the molecule is Cl.NC[C@@H]1CN(Cc2cc3ccccc3[nH]c2=O)C[C@H]1c1ccccc1. The second-order valence-corrected chi connectivity index (χ2v) is 6.92. The molecule has 0 amide bonds. The molecule has 4 nitrogen and oxygen atoms in total. The Hall–Kier alpha value is -2.14. The van der Waals surface area contributed by atoms with E-state index in [1.807, 2.05) is 36.4 Å². The lowest BCUT2D eigenvalue weighted by Crippen LogP contribution is -2.26. The minimum absolute atomic E-state index is 0. The summed E-state index contributed by atoms with van der Waals surface area (Å²) >= 11 is 0. The first-order valence-electron chi connectivity index (χ1n) is 8.83. The number of aromatic amines is 1. The van der Waals surface area contributed by atoms with Gasteiger partial charge in [0.1, 0.15) is 0 Å². The normalized spacial score (nSPS) is 20.2. The molecule has 1 saturated heterocycles. The summed E-state index contributed by atoms with van der Waals surface area (Å²) in [5.41, 5.74) is 9.08. The first kappa shape index (κ1) is 18.6. The van der Waals surface area contributed by atoms with Gasteiger partial charge >= 0.3 is 0 Å². The van der Waals surface area contributed by atoms with Crippen LogP contribution in [0.1, 0.15) is 17.0 Å². The Kier molecular flexibility index (Phi) is 5.77. The first-order valence-corrected chi connectivity index (χ1v) is 8.83. The van der Waals surface area contributed by atoms with Crippen LogP contribution in [0, 0.1) is 5.92 Å². The molecule has 0 aliphatic carbocycles. The third kappa shape index (κ3) is 3.68. The van der Waals surface area contributed by atoms with Gasteiger partial charge in [0, 0.05) is 36.6 Å². The zero-order chi connectivity index (χ0) is 17.2. The highest BCUT2D eigenvalue weighted by atomic mass is 35.5. The number of rotatable bonds is 4. The average Bonchev–Trinajstić information content (AvgIpc) is 3.06. The van der Waals surface area contributed by atoms with Gasteiger partial charge < -0.3 is 10.7 Å². The highest BCUT2D eigenvalue weighted by molar-refractivity contribution is 5.85. The number of nitrogens with one attached hydrogen (secondary N) is 1. The molecule has 2 heterocycles. The van der Waals surface area contributed by atoms with Crippen LogP contribution in [0.15, 0.2) is 65.5 Å². The molecule has 5 heteroatoms. The van der Waals surface area contributed by atoms with Crippen molar-refractivity contribution in [1.29, 1.82) is 0 Å². The molecule has 1 aliphatic heterocycles. The van der Waals surface area contributed by atoms with Crippen molar-refractivity contribution in [2.45, 2.75) is 12.5 Å². The molecule has 4 rings (SSSR count). The zero-order valence-electron chi connectivity index (χ0n) is 14.6. The quantitative estimate of drug-likeness (QED) is 0.742. The van der Waals surface area contributed by atoms with E-state index < -0.39 is 0 Å². The molecular weight excluding hydrogens is 346 g/mol. The van der Waals surface area contributed by atoms with E-state index in [2.05, 4.69) is 34.1 Å². The van der Waals surface area contributed by atoms with Crippen LogP contribution in [0.3, 0.4) is 0 Å². The second kappa shape index (κ2) is 8.04. The number of benzene rings is 2. The number of para-hydroxylation sites is 1. The molecule has 3 aromatic rings. The number of H-pyrrole nitrogens is 1. The molecule has 0 unspecified atom stereocenters. The van der Waals surface area contributed by atoms with Crippen LogP contribution < -0.4 is 11.3 Å². The van der Waals surface area contributed by atoms with Gasteiger partial charge in [0.15, 0.2) is 0 Å². The van der Waals surface area contributed by atoms with Gasteiger partial charge in [0.05, 0.1) is 0 Å². The molecular formula is C21H24ClN3O. The van der Waals surface area contributed by atoms with Crippen LogP contribution in [0.5, 0.6) is 0 Å². The summed E-state index contributed by atoms with van der Waals surface area (Å²) in [4.78, 5) is 17.8. The van der Waals surface area contributed by atoms with Crippen molar-refractivity contribution < 1.29 is 0 Å². The molecule has 1 aromatic heterocycles. The number of fused-ring (bicyclic) bond motifs is 1. The lowest BCUT2D eigenvalue weighted by Gasteiger charge is -2.16. The number of nitrogens with two attached hydrogens (primary N) is 1. The van der Waals surface area contributed by atoms with E-state index in [9.17, 15) is 4.79 Å². The molecule has 0 saturated carbocycles. The highest BCUT2D eigenvalue weighted by Gasteiger charge is 2.32. The van der Waals surface area contributed by atoms with Crippen molar-refractivity contribution in [3.8, 4) is 0 Å². The van der Waals surface area contributed by atoms with E-state index in [0.29, 0.717) is 24.9 Å². The molecule has 26 heavy (non-hydrogen) atoms. The number of nitrogens with zero attached hydrogens (tertiary/aromatic N) is 1. The number of pyridine rings is 1. The Morgan fingerprint density at radius 2 is 1.77 bits per heavy atom. The van der Waals surface area contributed by atoms with Crippen LogP contribution in [0.25, 0.3) is 10.9 Å².